The van der Waals surface area contributed by atoms with Crippen LogP contribution in [0, 0.1) is 11.3 Å². The Balaban J connectivity index is 3.04. The van der Waals surface area contributed by atoms with Crippen molar-refractivity contribution in [3.63, 3.8) is 0 Å². The van der Waals surface area contributed by atoms with Gasteiger partial charge in [-0.15, -0.1) is 0 Å². The van der Waals surface area contributed by atoms with Crippen molar-refractivity contribution in [2.75, 3.05) is 0 Å². The van der Waals surface area contributed by atoms with E-state index in [1.165, 1.54) is 6.92 Å². The Labute approximate surface area is 82.6 Å². The maximum absolute atomic E-state index is 12.3. The SMILES string of the molecule is CC(N)C1(C(C(F)(F)F)C(F)(F)F)CC1. The highest BCUT2D eigenvalue weighted by molar-refractivity contribution is 5.07. The lowest BCUT2D eigenvalue weighted by atomic mass is 9.82. The van der Waals surface area contributed by atoms with E-state index in [4.69, 9.17) is 5.73 Å². The summed E-state index contributed by atoms with van der Waals surface area (Å²) >= 11 is 0. The maximum atomic E-state index is 12.3. The van der Waals surface area contributed by atoms with Crippen LogP contribution in [0.15, 0.2) is 0 Å². The fourth-order valence-corrected chi connectivity index (χ4v) is 1.99. The lowest BCUT2D eigenvalue weighted by Gasteiger charge is -2.33. The van der Waals surface area contributed by atoms with Crippen molar-refractivity contribution in [2.24, 2.45) is 17.1 Å². The Hall–Kier alpha value is -0.460. The third-order valence-electron chi connectivity index (χ3n) is 2.96. The third kappa shape index (κ3) is 2.21. The summed E-state index contributed by atoms with van der Waals surface area (Å²) < 4.78 is 74.0. The summed E-state index contributed by atoms with van der Waals surface area (Å²) in [6, 6.07) is -1.11. The summed E-state index contributed by atoms with van der Waals surface area (Å²) in [5.74, 6) is -3.29. The number of nitrogens with two attached hydrogens (primary N) is 1. The third-order valence-corrected chi connectivity index (χ3v) is 2.96. The molecule has 2 N–H and O–H groups in total. The lowest BCUT2D eigenvalue weighted by molar-refractivity contribution is -0.305. The summed E-state index contributed by atoms with van der Waals surface area (Å²) in [5.41, 5.74) is 3.39. The molecule has 0 aromatic heterocycles. The Morgan fingerprint density at radius 1 is 1.00 bits per heavy atom. The molecule has 0 aliphatic heterocycles. The van der Waals surface area contributed by atoms with Crippen LogP contribution in [-0.4, -0.2) is 18.4 Å². The molecule has 15 heavy (non-hydrogen) atoms. The zero-order chi connectivity index (χ0) is 12.1. The van der Waals surface area contributed by atoms with E-state index in [-0.39, 0.29) is 12.8 Å². The number of rotatable bonds is 2. The monoisotopic (exact) mass is 235 g/mol. The molecule has 1 unspecified atom stereocenters. The van der Waals surface area contributed by atoms with E-state index in [1.54, 1.807) is 0 Å². The van der Waals surface area contributed by atoms with Crippen LogP contribution in [-0.2, 0) is 0 Å². The molecular formula is C8H11F6N. The van der Waals surface area contributed by atoms with E-state index in [2.05, 4.69) is 0 Å². The van der Waals surface area contributed by atoms with E-state index in [0.717, 1.165) is 0 Å². The van der Waals surface area contributed by atoms with Gasteiger partial charge in [0.2, 0.25) is 0 Å². The molecule has 1 aliphatic carbocycles. The van der Waals surface area contributed by atoms with Crippen molar-refractivity contribution in [1.82, 2.24) is 0 Å². The molecule has 7 heteroatoms. The Morgan fingerprint density at radius 3 is 1.40 bits per heavy atom. The van der Waals surface area contributed by atoms with Crippen molar-refractivity contribution < 1.29 is 26.3 Å². The van der Waals surface area contributed by atoms with Gasteiger partial charge in [0.25, 0.3) is 0 Å². The summed E-state index contributed by atoms with van der Waals surface area (Å²) in [7, 11) is 0. The predicted molar refractivity (Wildman–Crippen MR) is 40.9 cm³/mol. The fraction of sp³-hybridized carbons (Fsp3) is 1.00. The molecule has 1 fully saturated rings. The molecule has 0 amide bonds. The van der Waals surface area contributed by atoms with Gasteiger partial charge in [0.15, 0.2) is 5.92 Å². The number of hydrogen-bond donors (Lipinski definition) is 1. The molecule has 0 bridgehead atoms. The summed E-state index contributed by atoms with van der Waals surface area (Å²) in [6.45, 7) is 1.19. The van der Waals surface area contributed by atoms with Gasteiger partial charge in [-0.05, 0) is 19.8 Å². The van der Waals surface area contributed by atoms with Crippen LogP contribution in [0.1, 0.15) is 19.8 Å². The van der Waals surface area contributed by atoms with Crippen LogP contribution in [0.4, 0.5) is 26.3 Å². The number of hydrogen-bond acceptors (Lipinski definition) is 1. The molecular weight excluding hydrogens is 224 g/mol. The first kappa shape index (κ1) is 12.6. The second-order valence-corrected chi connectivity index (χ2v) is 4.04. The molecule has 0 radical (unpaired) electrons. The second-order valence-electron chi connectivity index (χ2n) is 4.04. The van der Waals surface area contributed by atoms with Crippen molar-refractivity contribution >= 4 is 0 Å². The topological polar surface area (TPSA) is 26.0 Å². The molecule has 0 aromatic carbocycles. The van der Waals surface area contributed by atoms with E-state index in [0.29, 0.717) is 0 Å². The predicted octanol–water partition coefficient (Wildman–Crippen LogP) is 2.85. The van der Waals surface area contributed by atoms with Crippen LogP contribution < -0.4 is 5.73 Å². The van der Waals surface area contributed by atoms with E-state index < -0.39 is 29.7 Å². The zero-order valence-electron chi connectivity index (χ0n) is 7.91. The molecule has 1 nitrogen and oxygen atoms in total. The summed E-state index contributed by atoms with van der Waals surface area (Å²) in [6.07, 6.45) is -10.8. The van der Waals surface area contributed by atoms with Crippen molar-refractivity contribution in [3.05, 3.63) is 0 Å². The smallest absolute Gasteiger partial charge is 0.327 e. The maximum Gasteiger partial charge on any atom is 0.401 e. The van der Waals surface area contributed by atoms with E-state index >= 15 is 0 Å². The molecule has 0 saturated heterocycles. The van der Waals surface area contributed by atoms with Gasteiger partial charge in [0, 0.05) is 11.5 Å². The van der Waals surface area contributed by atoms with Gasteiger partial charge >= 0.3 is 12.4 Å². The van der Waals surface area contributed by atoms with Gasteiger partial charge in [-0.1, -0.05) is 0 Å². The minimum atomic E-state index is -5.28. The van der Waals surface area contributed by atoms with Crippen molar-refractivity contribution in [2.45, 2.75) is 38.2 Å². The summed E-state index contributed by atoms with van der Waals surface area (Å²) in [4.78, 5) is 0. The molecule has 0 spiro atoms. The van der Waals surface area contributed by atoms with E-state index in [1.807, 2.05) is 0 Å². The van der Waals surface area contributed by atoms with Crippen LogP contribution in [0.5, 0.6) is 0 Å². The molecule has 90 valence electrons. The van der Waals surface area contributed by atoms with Crippen molar-refractivity contribution in [1.29, 1.82) is 0 Å². The quantitative estimate of drug-likeness (QED) is 0.732. The first-order chi connectivity index (χ1) is 6.52. The van der Waals surface area contributed by atoms with Gasteiger partial charge < -0.3 is 5.73 Å². The highest BCUT2D eigenvalue weighted by Gasteiger charge is 2.71. The molecule has 1 rings (SSSR count). The first-order valence-corrected chi connectivity index (χ1v) is 4.41. The Morgan fingerprint density at radius 2 is 1.33 bits per heavy atom. The highest BCUT2D eigenvalue weighted by Crippen LogP contribution is 2.63. The molecule has 0 heterocycles. The highest BCUT2D eigenvalue weighted by atomic mass is 19.4. The molecule has 1 atom stereocenters. The standard InChI is InChI=1S/C8H11F6N/c1-4(15)6(2-3-6)5(7(9,10)11)8(12,13)14/h4-5H,2-3,15H2,1H3. The minimum Gasteiger partial charge on any atom is -0.327 e. The molecule has 1 aliphatic rings. The van der Waals surface area contributed by atoms with Gasteiger partial charge in [-0.3, -0.25) is 0 Å². The van der Waals surface area contributed by atoms with Gasteiger partial charge in [-0.25, -0.2) is 0 Å². The largest absolute Gasteiger partial charge is 0.401 e. The Bertz CT molecular complexity index is 222. The number of halogens is 6. The molecule has 1 saturated carbocycles. The van der Waals surface area contributed by atoms with Gasteiger partial charge in [-0.2, -0.15) is 26.3 Å². The second kappa shape index (κ2) is 3.26. The lowest BCUT2D eigenvalue weighted by Crippen LogP contribution is -2.49. The van der Waals surface area contributed by atoms with Gasteiger partial charge in [0.1, 0.15) is 0 Å². The minimum absolute atomic E-state index is 0.117. The van der Waals surface area contributed by atoms with Crippen LogP contribution >= 0.6 is 0 Å². The van der Waals surface area contributed by atoms with E-state index in [9.17, 15) is 26.3 Å². The molecule has 0 aromatic rings. The van der Waals surface area contributed by atoms with Crippen LogP contribution in [0.25, 0.3) is 0 Å². The average Bonchev–Trinajstić information content (AvgIpc) is 2.61. The first-order valence-electron chi connectivity index (χ1n) is 4.41. The normalized spacial score (nSPS) is 23.0. The van der Waals surface area contributed by atoms with Gasteiger partial charge in [0.05, 0.1) is 0 Å². The Kier molecular flexibility index (Phi) is 2.74. The zero-order valence-corrected chi connectivity index (χ0v) is 7.91. The van der Waals surface area contributed by atoms with Crippen LogP contribution in [0.2, 0.25) is 0 Å². The van der Waals surface area contributed by atoms with Crippen LogP contribution in [0.3, 0.4) is 0 Å². The number of alkyl halides is 6. The van der Waals surface area contributed by atoms with Crippen molar-refractivity contribution in [3.8, 4) is 0 Å². The average molecular weight is 235 g/mol. The summed E-state index contributed by atoms with van der Waals surface area (Å²) in [5, 5.41) is 0. The fourth-order valence-electron chi connectivity index (χ4n) is 1.99.